The van der Waals surface area contributed by atoms with E-state index in [0.29, 0.717) is 4.47 Å². The third-order valence-corrected chi connectivity index (χ3v) is 9.43. The zero-order valence-corrected chi connectivity index (χ0v) is 23.1. The number of hydrazine groups is 2. The summed E-state index contributed by atoms with van der Waals surface area (Å²) >= 11 is 3.24. The van der Waals surface area contributed by atoms with Gasteiger partial charge in [0.05, 0.1) is 9.79 Å². The van der Waals surface area contributed by atoms with Gasteiger partial charge in [0.15, 0.2) is 0 Å². The molecule has 15 heteroatoms. The van der Waals surface area contributed by atoms with Crippen LogP contribution in [0.3, 0.4) is 0 Å². The number of amides is 1. The fourth-order valence-electron chi connectivity index (χ4n) is 2.69. The molecule has 3 rings (SSSR count). The molecule has 0 aliphatic rings. The molecule has 192 valence electrons. The Balaban J connectivity index is 1.84. The quantitative estimate of drug-likeness (QED) is 0.172. The second kappa shape index (κ2) is 11.3. The predicted octanol–water partition coefficient (Wildman–Crippen LogP) is 2.87. The van der Waals surface area contributed by atoms with Gasteiger partial charge in [-0.05, 0) is 62.4 Å². The zero-order valence-electron chi connectivity index (χ0n) is 19.0. The van der Waals surface area contributed by atoms with Crippen molar-refractivity contribution in [2.24, 2.45) is 0 Å². The molecule has 3 aromatic carbocycles. The van der Waals surface area contributed by atoms with Gasteiger partial charge < -0.3 is 0 Å². The third kappa shape index (κ3) is 7.54. The molecule has 0 radical (unpaired) electrons. The lowest BCUT2D eigenvalue weighted by Gasteiger charge is -2.22. The van der Waals surface area contributed by atoms with Crippen molar-refractivity contribution in [3.8, 4) is 0 Å². The molecule has 11 nitrogen and oxygen atoms in total. The molecule has 0 unspecified atom stereocenters. The second-order valence-electron chi connectivity index (χ2n) is 7.62. The maximum atomic E-state index is 13.5. The number of hydrogen-bond acceptors (Lipinski definition) is 6. The maximum absolute atomic E-state index is 13.5. The molecule has 0 aliphatic carbocycles. The van der Waals surface area contributed by atoms with E-state index in [9.17, 15) is 26.2 Å². The molecule has 0 spiro atoms. The number of carbonyl (C=O) groups is 1. The molecule has 0 aliphatic heterocycles. The van der Waals surface area contributed by atoms with E-state index in [4.69, 9.17) is 0 Å². The fourth-order valence-corrected chi connectivity index (χ4v) is 6.76. The van der Waals surface area contributed by atoms with E-state index < -0.39 is 33.5 Å². The van der Waals surface area contributed by atoms with E-state index in [1.807, 2.05) is 20.1 Å². The number of aryl methyl sites for hydroxylation is 2. The molecule has 0 fully saturated rings. The average molecular weight is 616 g/mol. The van der Waals surface area contributed by atoms with E-state index in [1.54, 1.807) is 50.2 Å². The molecule has 0 heterocycles. The highest BCUT2D eigenvalue weighted by atomic mass is 79.9. The van der Waals surface area contributed by atoms with Crippen LogP contribution in [0.25, 0.3) is 0 Å². The molecular weight excluding hydrogens is 593 g/mol. The van der Waals surface area contributed by atoms with Crippen LogP contribution in [-0.4, -0.2) is 22.7 Å². The second-order valence-corrected chi connectivity index (χ2v) is 13.8. The summed E-state index contributed by atoms with van der Waals surface area (Å²) in [5, 5.41) is 6.19. The highest BCUT2D eigenvalue weighted by Gasteiger charge is 2.30. The summed E-state index contributed by atoms with van der Waals surface area (Å²) in [5.41, 5.74) is 1.73. The molecule has 0 saturated carbocycles. The van der Waals surface area contributed by atoms with Crippen LogP contribution in [-0.2, 0) is 24.6 Å². The first-order valence-electron chi connectivity index (χ1n) is 10.2. The van der Waals surface area contributed by atoms with Crippen molar-refractivity contribution in [1.82, 2.24) is 25.1 Å². The maximum Gasteiger partial charge on any atom is 0.333 e. The van der Waals surface area contributed by atoms with Gasteiger partial charge in [-0.3, -0.25) is 14.4 Å². The minimum atomic E-state index is -4.50. The summed E-state index contributed by atoms with van der Waals surface area (Å²) < 4.78 is 64.8. The molecule has 0 atom stereocenters. The SMILES string of the molecule is Cc1ccc(S(=O)(=O)NNP(=O)(NNS(=O)(=O)c2ccc(C)cc2)NC(=O)c2ccc(Br)cc2)cc1. The Morgan fingerprint density at radius 2 is 1.08 bits per heavy atom. The lowest BCUT2D eigenvalue weighted by Crippen LogP contribution is -2.49. The summed E-state index contributed by atoms with van der Waals surface area (Å²) in [6.45, 7) is 3.55. The van der Waals surface area contributed by atoms with Gasteiger partial charge in [-0.15, -0.1) is 9.66 Å². The zero-order chi connectivity index (χ0) is 26.6. The number of hydrogen-bond donors (Lipinski definition) is 5. The van der Waals surface area contributed by atoms with Gasteiger partial charge in [0.2, 0.25) is 0 Å². The smallest absolute Gasteiger partial charge is 0.277 e. The van der Waals surface area contributed by atoms with Crippen LogP contribution in [0.1, 0.15) is 21.5 Å². The summed E-state index contributed by atoms with van der Waals surface area (Å²) in [6, 6.07) is 17.6. The van der Waals surface area contributed by atoms with Crippen LogP contribution in [0.15, 0.2) is 87.1 Å². The molecule has 0 bridgehead atoms. The summed E-state index contributed by atoms with van der Waals surface area (Å²) in [5.74, 6) is -0.866. The van der Waals surface area contributed by atoms with Gasteiger partial charge in [0, 0.05) is 10.0 Å². The predicted molar refractivity (Wildman–Crippen MR) is 138 cm³/mol. The molecule has 36 heavy (non-hydrogen) atoms. The Morgan fingerprint density at radius 1 is 0.694 bits per heavy atom. The number of benzene rings is 3. The van der Waals surface area contributed by atoms with Crippen LogP contribution in [0, 0.1) is 13.8 Å². The molecular formula is C21H23BrN5O6PS2. The first kappa shape index (κ1) is 28.2. The van der Waals surface area contributed by atoms with Crippen LogP contribution >= 0.6 is 23.5 Å². The molecule has 0 aromatic heterocycles. The summed E-state index contributed by atoms with van der Waals surface area (Å²) in [7, 11) is -13.0. The Labute approximate surface area is 217 Å². The van der Waals surface area contributed by atoms with Crippen molar-refractivity contribution in [2.75, 3.05) is 0 Å². The van der Waals surface area contributed by atoms with Crippen molar-refractivity contribution in [1.29, 1.82) is 0 Å². The fraction of sp³-hybridized carbons (Fsp3) is 0.0952. The van der Waals surface area contributed by atoms with Gasteiger partial charge in [0.1, 0.15) is 0 Å². The average Bonchev–Trinajstić information content (AvgIpc) is 2.83. The first-order valence-corrected chi connectivity index (χ1v) is 15.7. The van der Waals surface area contributed by atoms with E-state index in [-0.39, 0.29) is 15.4 Å². The molecule has 3 aromatic rings. The normalized spacial score (nSPS) is 12.3. The van der Waals surface area contributed by atoms with Crippen molar-refractivity contribution in [2.45, 2.75) is 23.6 Å². The Bertz CT molecular complexity index is 1410. The summed E-state index contributed by atoms with van der Waals surface area (Å²) in [4.78, 5) is 16.3. The number of rotatable bonds is 10. The Kier molecular flexibility index (Phi) is 8.85. The van der Waals surface area contributed by atoms with Crippen molar-refractivity contribution < 1.29 is 26.2 Å². The van der Waals surface area contributed by atoms with Crippen LogP contribution in [0.2, 0.25) is 0 Å². The van der Waals surface area contributed by atoms with Crippen molar-refractivity contribution in [3.63, 3.8) is 0 Å². The first-order chi connectivity index (χ1) is 16.8. The van der Waals surface area contributed by atoms with Crippen LogP contribution < -0.4 is 25.1 Å². The van der Waals surface area contributed by atoms with Gasteiger partial charge in [0.25, 0.3) is 26.0 Å². The number of sulfonamides is 2. The minimum Gasteiger partial charge on any atom is -0.277 e. The van der Waals surface area contributed by atoms with E-state index >= 15 is 0 Å². The number of halogens is 1. The molecule has 0 saturated heterocycles. The molecule has 5 N–H and O–H groups in total. The monoisotopic (exact) mass is 615 g/mol. The van der Waals surface area contributed by atoms with Crippen LogP contribution in [0.5, 0.6) is 0 Å². The van der Waals surface area contributed by atoms with Gasteiger partial charge >= 0.3 is 7.59 Å². The Hall–Kier alpha value is -2.42. The topological polar surface area (TPSA) is 163 Å². The van der Waals surface area contributed by atoms with Gasteiger partial charge in [-0.1, -0.05) is 51.3 Å². The lowest BCUT2D eigenvalue weighted by atomic mass is 10.2. The lowest BCUT2D eigenvalue weighted by molar-refractivity contribution is 0.0979. The third-order valence-electron chi connectivity index (χ3n) is 4.70. The standard InChI is InChI=1S/C21H23BrN5O6PS2/c1-15-3-11-19(12-4-15)35(30,31)26-24-34(29,23-21(28)17-7-9-18(22)10-8-17)25-27-36(32,33)20-13-5-16(2)6-14-20/h3-14,26-27H,1-2H3,(H3,23,24,25,28,29). The number of carbonyl (C=O) groups excluding carboxylic acids is 1. The minimum absolute atomic E-state index is 0.0878. The van der Waals surface area contributed by atoms with E-state index in [0.717, 1.165) is 11.1 Å². The largest absolute Gasteiger partial charge is 0.333 e. The highest BCUT2D eigenvalue weighted by Crippen LogP contribution is 2.30. The Morgan fingerprint density at radius 3 is 1.47 bits per heavy atom. The molecule has 1 amide bonds. The number of nitrogens with one attached hydrogen (secondary N) is 5. The highest BCUT2D eigenvalue weighted by molar-refractivity contribution is 9.10. The van der Waals surface area contributed by atoms with Crippen LogP contribution in [0.4, 0.5) is 0 Å². The van der Waals surface area contributed by atoms with Crippen molar-refractivity contribution >= 4 is 49.5 Å². The van der Waals surface area contributed by atoms with E-state index in [1.165, 1.54) is 36.4 Å². The van der Waals surface area contributed by atoms with E-state index in [2.05, 4.69) is 21.0 Å². The summed E-state index contributed by atoms with van der Waals surface area (Å²) in [6.07, 6.45) is 0. The van der Waals surface area contributed by atoms with Gasteiger partial charge in [-0.2, -0.15) is 10.4 Å². The van der Waals surface area contributed by atoms with Crippen molar-refractivity contribution in [3.05, 3.63) is 94.0 Å². The van der Waals surface area contributed by atoms with Gasteiger partial charge in [-0.25, -0.2) is 16.8 Å².